The monoisotopic (exact) mass is 380 g/mol. The second kappa shape index (κ2) is 7.47. The molecule has 6 nitrogen and oxygen atoms in total. The molecular formula is C22H32N6. The molecule has 0 unspecified atom stereocenters. The quantitative estimate of drug-likeness (QED) is 0.766. The molecular weight excluding hydrogens is 348 g/mol. The van der Waals surface area contributed by atoms with Crippen LogP contribution in [0.1, 0.15) is 74.0 Å². The average molecular weight is 381 g/mol. The first kappa shape index (κ1) is 18.1. The summed E-state index contributed by atoms with van der Waals surface area (Å²) in [5.41, 5.74) is 5.23. The summed E-state index contributed by atoms with van der Waals surface area (Å²) in [4.78, 5) is 14.8. The van der Waals surface area contributed by atoms with Crippen molar-refractivity contribution in [3.63, 3.8) is 0 Å². The molecule has 0 N–H and O–H groups in total. The largest absolute Gasteiger partial charge is 0.341 e. The summed E-state index contributed by atoms with van der Waals surface area (Å²) in [5.74, 6) is 0.956. The predicted molar refractivity (Wildman–Crippen MR) is 110 cm³/mol. The zero-order valence-electron chi connectivity index (χ0n) is 17.3. The van der Waals surface area contributed by atoms with Gasteiger partial charge >= 0.3 is 0 Å². The van der Waals surface area contributed by atoms with Crippen LogP contribution in [0.2, 0.25) is 0 Å². The highest BCUT2D eigenvalue weighted by Crippen LogP contribution is 2.44. The zero-order valence-corrected chi connectivity index (χ0v) is 17.3. The summed E-state index contributed by atoms with van der Waals surface area (Å²) >= 11 is 0. The number of hydrogen-bond donors (Lipinski definition) is 0. The first-order valence-corrected chi connectivity index (χ1v) is 11.1. The predicted octanol–water partition coefficient (Wildman–Crippen LogP) is 3.64. The van der Waals surface area contributed by atoms with Crippen molar-refractivity contribution in [2.45, 2.75) is 84.0 Å². The van der Waals surface area contributed by atoms with E-state index >= 15 is 0 Å². The molecule has 2 atom stereocenters. The van der Waals surface area contributed by atoms with Crippen molar-refractivity contribution in [3.05, 3.63) is 34.9 Å². The van der Waals surface area contributed by atoms with E-state index in [1.807, 2.05) is 0 Å². The summed E-state index contributed by atoms with van der Waals surface area (Å²) in [6.45, 7) is 8.64. The van der Waals surface area contributed by atoms with Gasteiger partial charge in [0.2, 0.25) is 5.95 Å². The summed E-state index contributed by atoms with van der Waals surface area (Å²) < 4.78 is 2.14. The van der Waals surface area contributed by atoms with Crippen LogP contribution >= 0.6 is 0 Å². The van der Waals surface area contributed by atoms with Crippen molar-refractivity contribution < 1.29 is 0 Å². The van der Waals surface area contributed by atoms with Crippen LogP contribution in [0.3, 0.4) is 0 Å². The maximum atomic E-state index is 5.00. The molecule has 0 spiro atoms. The lowest BCUT2D eigenvalue weighted by Crippen LogP contribution is -2.38. The lowest BCUT2D eigenvalue weighted by atomic mass is 9.98. The fourth-order valence-electron chi connectivity index (χ4n) is 5.23. The smallest absolute Gasteiger partial charge is 0.225 e. The Kier molecular flexibility index (Phi) is 4.83. The van der Waals surface area contributed by atoms with Gasteiger partial charge in [-0.1, -0.05) is 13.3 Å². The number of aromatic nitrogens is 4. The average Bonchev–Trinajstić information content (AvgIpc) is 3.41. The van der Waals surface area contributed by atoms with Crippen LogP contribution in [0.15, 0.2) is 12.4 Å². The van der Waals surface area contributed by atoms with E-state index in [0.29, 0.717) is 12.1 Å². The highest BCUT2D eigenvalue weighted by atomic mass is 15.3. The molecule has 2 saturated heterocycles. The Morgan fingerprint density at radius 3 is 2.86 bits per heavy atom. The lowest BCUT2D eigenvalue weighted by Gasteiger charge is -2.35. The first-order valence-electron chi connectivity index (χ1n) is 11.1. The molecule has 5 heterocycles. The zero-order chi connectivity index (χ0) is 19.1. The lowest BCUT2D eigenvalue weighted by molar-refractivity contribution is 0.166. The number of rotatable bonds is 6. The fourth-order valence-corrected chi connectivity index (χ4v) is 5.23. The van der Waals surface area contributed by atoms with E-state index in [-0.39, 0.29) is 0 Å². The minimum atomic E-state index is 0.472. The maximum absolute atomic E-state index is 5.00. The molecule has 0 radical (unpaired) electrons. The molecule has 0 aliphatic carbocycles. The molecule has 6 heteroatoms. The van der Waals surface area contributed by atoms with E-state index in [1.54, 1.807) is 0 Å². The molecule has 0 aromatic carbocycles. The second-order valence-corrected chi connectivity index (χ2v) is 8.75. The summed E-state index contributed by atoms with van der Waals surface area (Å²) in [6, 6.07) is 1.08. The van der Waals surface area contributed by atoms with Gasteiger partial charge in [-0.15, -0.1) is 0 Å². The number of aryl methyl sites for hydroxylation is 2. The van der Waals surface area contributed by atoms with Gasteiger partial charge in [-0.25, -0.2) is 9.97 Å². The van der Waals surface area contributed by atoms with Crippen molar-refractivity contribution in [2.75, 3.05) is 18.0 Å². The van der Waals surface area contributed by atoms with Crippen molar-refractivity contribution >= 4 is 5.95 Å². The minimum Gasteiger partial charge on any atom is -0.341 e. The van der Waals surface area contributed by atoms with Gasteiger partial charge in [-0.2, -0.15) is 5.10 Å². The van der Waals surface area contributed by atoms with E-state index in [4.69, 9.17) is 15.1 Å². The van der Waals surface area contributed by atoms with Crippen LogP contribution in [0.5, 0.6) is 0 Å². The van der Waals surface area contributed by atoms with Gasteiger partial charge in [-0.3, -0.25) is 9.58 Å². The van der Waals surface area contributed by atoms with Crippen molar-refractivity contribution in [2.24, 2.45) is 0 Å². The third-order valence-corrected chi connectivity index (χ3v) is 6.85. The Hall–Kier alpha value is -1.95. The summed E-state index contributed by atoms with van der Waals surface area (Å²) in [7, 11) is 0. The first-order chi connectivity index (χ1) is 13.7. The topological polar surface area (TPSA) is 50.1 Å². The normalized spacial score (nSPS) is 24.1. The van der Waals surface area contributed by atoms with Crippen LogP contribution in [0.25, 0.3) is 0 Å². The van der Waals surface area contributed by atoms with Gasteiger partial charge in [0.05, 0.1) is 11.4 Å². The molecule has 0 amide bonds. The number of hydrogen-bond acceptors (Lipinski definition) is 5. The number of unbranched alkanes of at least 4 members (excludes halogenated alkanes) is 1. The van der Waals surface area contributed by atoms with Gasteiger partial charge in [0, 0.05) is 68.2 Å². The molecule has 2 aromatic rings. The van der Waals surface area contributed by atoms with Crippen LogP contribution in [-0.2, 0) is 19.5 Å². The molecule has 28 heavy (non-hydrogen) atoms. The molecule has 5 rings (SSSR count). The number of nitrogens with zero attached hydrogens (tertiary/aromatic N) is 6. The molecule has 2 aromatic heterocycles. The van der Waals surface area contributed by atoms with Crippen molar-refractivity contribution in [1.82, 2.24) is 24.6 Å². The van der Waals surface area contributed by atoms with Gasteiger partial charge in [0.1, 0.15) is 0 Å². The van der Waals surface area contributed by atoms with Crippen LogP contribution in [-0.4, -0.2) is 43.8 Å². The van der Waals surface area contributed by atoms with E-state index in [9.17, 15) is 0 Å². The fraction of sp³-hybridized carbons (Fsp3) is 0.682. The Labute approximate surface area is 168 Å². The van der Waals surface area contributed by atoms with Gasteiger partial charge < -0.3 is 4.90 Å². The summed E-state index contributed by atoms with van der Waals surface area (Å²) in [6.07, 6.45) is 12.9. The molecule has 150 valence electrons. The van der Waals surface area contributed by atoms with Gasteiger partial charge in [-0.05, 0) is 39.0 Å². The standard InChI is InChI=1S/C22H32N6/c1-3-4-11-27-14-17(16(2)25-27)15-28-18-7-8-21(28)19-13-23-22(24-20(19)12-18)26-9-5-6-10-26/h13-14,18,21H,3-12,15H2,1-2H3/t18-,21-/m0/s1. The number of fused-ring (bicyclic) bond motifs is 4. The van der Waals surface area contributed by atoms with E-state index in [1.165, 1.54) is 61.0 Å². The van der Waals surface area contributed by atoms with E-state index < -0.39 is 0 Å². The van der Waals surface area contributed by atoms with Crippen LogP contribution in [0, 0.1) is 6.92 Å². The SMILES string of the molecule is CCCCn1cc(CN2[C@H]3CC[C@H]2c2cnc(N4CCCC4)nc2C3)c(C)n1. The molecule has 2 fully saturated rings. The maximum Gasteiger partial charge on any atom is 0.225 e. The summed E-state index contributed by atoms with van der Waals surface area (Å²) in [5, 5.41) is 4.74. The second-order valence-electron chi connectivity index (χ2n) is 8.75. The van der Waals surface area contributed by atoms with E-state index in [2.05, 4.69) is 40.7 Å². The van der Waals surface area contributed by atoms with Gasteiger partial charge in [0.15, 0.2) is 0 Å². The van der Waals surface area contributed by atoms with Gasteiger partial charge in [0.25, 0.3) is 0 Å². The molecule has 2 bridgehead atoms. The Bertz CT molecular complexity index is 838. The van der Waals surface area contributed by atoms with E-state index in [0.717, 1.165) is 38.5 Å². The Balaban J connectivity index is 1.35. The molecule has 3 aliphatic rings. The minimum absolute atomic E-state index is 0.472. The van der Waals surface area contributed by atoms with Crippen LogP contribution < -0.4 is 4.90 Å². The Morgan fingerprint density at radius 1 is 1.18 bits per heavy atom. The third kappa shape index (κ3) is 3.21. The highest BCUT2D eigenvalue weighted by molar-refractivity contribution is 5.38. The third-order valence-electron chi connectivity index (χ3n) is 6.85. The highest BCUT2D eigenvalue weighted by Gasteiger charge is 2.41. The Morgan fingerprint density at radius 2 is 2.04 bits per heavy atom. The van der Waals surface area contributed by atoms with Crippen LogP contribution in [0.4, 0.5) is 5.95 Å². The van der Waals surface area contributed by atoms with Crippen molar-refractivity contribution in [1.29, 1.82) is 0 Å². The number of anilines is 1. The van der Waals surface area contributed by atoms with Crippen molar-refractivity contribution in [3.8, 4) is 0 Å². The molecule has 0 saturated carbocycles. The molecule has 3 aliphatic heterocycles.